The van der Waals surface area contributed by atoms with Crippen molar-refractivity contribution in [3.63, 3.8) is 0 Å². The van der Waals surface area contributed by atoms with Crippen LogP contribution >= 0.6 is 11.6 Å². The summed E-state index contributed by atoms with van der Waals surface area (Å²) in [7, 11) is 3.20. The summed E-state index contributed by atoms with van der Waals surface area (Å²) in [6, 6.07) is 13.8. The van der Waals surface area contributed by atoms with Gasteiger partial charge < -0.3 is 20.1 Å². The fraction of sp³-hybridized carbons (Fsp3) is 0.433. The van der Waals surface area contributed by atoms with Crippen LogP contribution in [0, 0.1) is 5.92 Å². The molecule has 1 saturated heterocycles. The molecule has 1 aliphatic rings. The van der Waals surface area contributed by atoms with Crippen LogP contribution in [0.25, 0.3) is 11.1 Å². The number of benzene rings is 2. The summed E-state index contributed by atoms with van der Waals surface area (Å²) in [5, 5.41) is 15.9. The number of aryl methyl sites for hydroxylation is 2. The van der Waals surface area contributed by atoms with E-state index in [4.69, 9.17) is 16.3 Å². The summed E-state index contributed by atoms with van der Waals surface area (Å²) < 4.78 is 8.10. The fourth-order valence-electron chi connectivity index (χ4n) is 5.57. The number of aliphatic hydroxyl groups is 1. The van der Waals surface area contributed by atoms with Crippen LogP contribution < -0.4 is 9.88 Å². The molecule has 0 aliphatic carbocycles. The highest BCUT2D eigenvalue weighted by Gasteiger charge is 2.43. The third-order valence-corrected chi connectivity index (χ3v) is 7.97. The molecule has 3 aromatic rings. The van der Waals surface area contributed by atoms with Gasteiger partial charge in [0.15, 0.2) is 0 Å². The number of methoxy groups -OCH3 is 1. The first-order valence-corrected chi connectivity index (χ1v) is 13.9. The van der Waals surface area contributed by atoms with E-state index in [-0.39, 0.29) is 11.9 Å². The van der Waals surface area contributed by atoms with E-state index in [0.717, 1.165) is 36.0 Å². The molecular weight excluding hydrogens is 516 g/mol. The van der Waals surface area contributed by atoms with Gasteiger partial charge in [-0.2, -0.15) is 4.57 Å². The van der Waals surface area contributed by atoms with Gasteiger partial charge in [0.1, 0.15) is 12.4 Å². The minimum absolute atomic E-state index is 0.114. The van der Waals surface area contributed by atoms with Crippen LogP contribution in [0.15, 0.2) is 61.2 Å². The van der Waals surface area contributed by atoms with Gasteiger partial charge in [-0.15, -0.1) is 0 Å². The Kier molecular flexibility index (Phi) is 9.30. The molecule has 39 heavy (non-hydrogen) atoms. The number of imidazole rings is 1. The number of nitrogens with one attached hydrogen (secondary N) is 1. The van der Waals surface area contributed by atoms with Gasteiger partial charge in [-0.1, -0.05) is 54.9 Å². The van der Waals surface area contributed by atoms with E-state index in [9.17, 15) is 14.7 Å². The number of halogens is 1. The third kappa shape index (κ3) is 6.45. The number of alkyl carbamates (subject to hydrolysis) is 1. The van der Waals surface area contributed by atoms with Gasteiger partial charge in [-0.3, -0.25) is 0 Å². The molecule has 2 unspecified atom stereocenters. The van der Waals surface area contributed by atoms with E-state index < -0.39 is 11.7 Å². The first kappa shape index (κ1) is 28.6. The quantitative estimate of drug-likeness (QED) is 0.307. The highest BCUT2D eigenvalue weighted by atomic mass is 35.5. The summed E-state index contributed by atoms with van der Waals surface area (Å²) in [6.07, 6.45) is 8.11. The zero-order valence-electron chi connectivity index (χ0n) is 22.9. The van der Waals surface area contributed by atoms with Crippen molar-refractivity contribution in [2.75, 3.05) is 26.7 Å². The van der Waals surface area contributed by atoms with Crippen LogP contribution in [-0.4, -0.2) is 53.4 Å². The van der Waals surface area contributed by atoms with Crippen molar-refractivity contribution in [3.8, 4) is 11.1 Å². The first-order chi connectivity index (χ1) is 18.8. The maximum absolute atomic E-state index is 13.3. The number of nitrogens with zero attached hydrogens (tertiary/aromatic N) is 3. The maximum atomic E-state index is 13.3. The molecular formula is C30H38ClN4O4+. The molecule has 0 saturated carbocycles. The number of ether oxygens (including phenoxy) is 1. The van der Waals surface area contributed by atoms with E-state index >= 15 is 0 Å². The Hall–Kier alpha value is -3.36. The molecule has 9 heteroatoms. The van der Waals surface area contributed by atoms with E-state index in [2.05, 4.69) is 24.4 Å². The summed E-state index contributed by atoms with van der Waals surface area (Å²) in [5.74, 6) is -0.232. The van der Waals surface area contributed by atoms with E-state index in [1.807, 2.05) is 53.0 Å². The van der Waals surface area contributed by atoms with Crippen LogP contribution in [0.4, 0.5) is 9.59 Å². The second kappa shape index (κ2) is 12.7. The molecule has 2 atom stereocenters. The second-order valence-corrected chi connectivity index (χ2v) is 10.6. The topological polar surface area (TPSA) is 87.7 Å². The molecule has 0 bridgehead atoms. The van der Waals surface area contributed by atoms with Gasteiger partial charge in [0.05, 0.1) is 19.8 Å². The van der Waals surface area contributed by atoms with Crippen molar-refractivity contribution in [2.24, 2.45) is 13.0 Å². The minimum Gasteiger partial charge on any atom is -0.453 e. The zero-order chi connectivity index (χ0) is 28.0. The molecule has 0 radical (unpaired) electrons. The molecule has 1 aromatic heterocycles. The van der Waals surface area contributed by atoms with Crippen molar-refractivity contribution in [1.82, 2.24) is 14.8 Å². The van der Waals surface area contributed by atoms with Crippen molar-refractivity contribution in [1.29, 1.82) is 0 Å². The smallest absolute Gasteiger partial charge is 0.415 e. The highest BCUT2D eigenvalue weighted by Crippen LogP contribution is 2.45. The molecule has 2 aromatic carbocycles. The van der Waals surface area contributed by atoms with Crippen molar-refractivity contribution in [2.45, 2.75) is 44.6 Å². The van der Waals surface area contributed by atoms with E-state index in [1.165, 1.54) is 12.7 Å². The average Bonchev–Trinajstić information content (AvgIpc) is 3.40. The lowest BCUT2D eigenvalue weighted by Crippen LogP contribution is -2.49. The third-order valence-electron chi connectivity index (χ3n) is 7.65. The number of rotatable bonds is 8. The van der Waals surface area contributed by atoms with Gasteiger partial charge in [-0.05, 0) is 54.9 Å². The molecule has 1 aliphatic heterocycles. The minimum atomic E-state index is -1.29. The summed E-state index contributed by atoms with van der Waals surface area (Å²) in [5.41, 5.74) is 2.38. The Labute approximate surface area is 235 Å². The van der Waals surface area contributed by atoms with E-state index in [1.54, 1.807) is 17.1 Å². The number of carbonyl (C=O) groups is 2. The van der Waals surface area contributed by atoms with Crippen LogP contribution in [-0.2, 0) is 23.8 Å². The number of aromatic nitrogens is 2. The predicted octanol–water partition coefficient (Wildman–Crippen LogP) is 4.90. The fourth-order valence-corrected chi connectivity index (χ4v) is 5.86. The Bertz CT molecular complexity index is 1310. The standard InChI is InChI=1S/C30H37ClN4O4/c1-4-22-9-5-10-23(19-22)27-25(12-6-13-26(27)31)30(38,14-8-15-32-28(36)39-3)24-11-7-16-34(20-24)29(37)35-18-17-33(2)21-35/h5-6,9-10,12-13,17-19,21,24,38H,4,7-8,11,14-16,20H2,1-3H3/p+1. The Morgan fingerprint density at radius 1 is 1.26 bits per heavy atom. The van der Waals surface area contributed by atoms with Crippen molar-refractivity contribution in [3.05, 3.63) is 77.3 Å². The molecule has 4 rings (SSSR count). The number of hydrogen-bond acceptors (Lipinski definition) is 4. The van der Waals surface area contributed by atoms with Crippen LogP contribution in [0.5, 0.6) is 0 Å². The van der Waals surface area contributed by atoms with Gasteiger partial charge in [0, 0.05) is 36.1 Å². The monoisotopic (exact) mass is 553 g/mol. The van der Waals surface area contributed by atoms with Crippen molar-refractivity contribution < 1.29 is 24.0 Å². The van der Waals surface area contributed by atoms with Crippen molar-refractivity contribution >= 4 is 23.7 Å². The Balaban J connectivity index is 1.72. The average molecular weight is 554 g/mol. The number of carbonyl (C=O) groups excluding carboxylic acids is 2. The summed E-state index contributed by atoms with van der Waals surface area (Å²) in [6.45, 7) is 3.49. The largest absolute Gasteiger partial charge is 0.453 e. The maximum Gasteiger partial charge on any atom is 0.415 e. The molecule has 0 spiro atoms. The Morgan fingerprint density at radius 2 is 2.05 bits per heavy atom. The van der Waals surface area contributed by atoms with Gasteiger partial charge in [-0.25, -0.2) is 14.2 Å². The molecule has 8 nitrogen and oxygen atoms in total. The molecule has 1 fully saturated rings. The van der Waals surface area contributed by atoms with Crippen LogP contribution in [0.2, 0.25) is 5.02 Å². The van der Waals surface area contributed by atoms with Gasteiger partial charge in [0.25, 0.3) is 6.33 Å². The second-order valence-electron chi connectivity index (χ2n) is 10.2. The number of amides is 2. The molecule has 2 N–H and O–H groups in total. The first-order valence-electron chi connectivity index (χ1n) is 13.5. The Morgan fingerprint density at radius 3 is 2.77 bits per heavy atom. The SMILES string of the molecule is CCc1cccc(-c2c(Cl)cccc2C(O)(CCCNC(=O)OC)C2CCCN(C(=O)n3cc[n+](C)c3)C2)c1. The normalized spacial score (nSPS) is 16.9. The predicted molar refractivity (Wildman–Crippen MR) is 151 cm³/mol. The van der Waals surface area contributed by atoms with E-state index in [0.29, 0.717) is 37.5 Å². The summed E-state index contributed by atoms with van der Waals surface area (Å²) >= 11 is 6.83. The molecule has 2 amide bonds. The lowest BCUT2D eigenvalue weighted by molar-refractivity contribution is -0.670. The number of piperidine rings is 1. The van der Waals surface area contributed by atoms with Crippen LogP contribution in [0.1, 0.15) is 43.7 Å². The number of hydrogen-bond donors (Lipinski definition) is 2. The summed E-state index contributed by atoms with van der Waals surface area (Å²) in [4.78, 5) is 26.8. The zero-order valence-corrected chi connectivity index (χ0v) is 23.7. The number of likely N-dealkylation sites (tertiary alicyclic amines) is 1. The molecule has 208 valence electrons. The highest BCUT2D eigenvalue weighted by molar-refractivity contribution is 6.33. The van der Waals surface area contributed by atoms with Gasteiger partial charge in [0.2, 0.25) is 0 Å². The molecule has 2 heterocycles. The van der Waals surface area contributed by atoms with Crippen LogP contribution in [0.3, 0.4) is 0 Å². The van der Waals surface area contributed by atoms with Gasteiger partial charge >= 0.3 is 12.1 Å². The lowest BCUT2D eigenvalue weighted by Gasteiger charge is -2.43. The lowest BCUT2D eigenvalue weighted by atomic mass is 9.72.